The molecule has 25 heavy (non-hydrogen) atoms. The molecule has 5 heteroatoms. The number of oxazole rings is 1. The Kier molecular flexibility index (Phi) is 4.55. The number of hydrogen-bond donors (Lipinski definition) is 0. The Balaban J connectivity index is 1.68. The molecule has 1 heterocycles. The third-order valence-corrected chi connectivity index (χ3v) is 4.69. The number of fused-ring (bicyclic) bond motifs is 1. The van der Waals surface area contributed by atoms with Crippen LogP contribution in [0.2, 0.25) is 5.02 Å². The van der Waals surface area contributed by atoms with E-state index in [1.165, 1.54) is 3.57 Å². The Morgan fingerprint density at radius 3 is 2.72 bits per heavy atom. The van der Waals surface area contributed by atoms with Gasteiger partial charge < -0.3 is 4.42 Å². The Labute approximate surface area is 163 Å². The highest BCUT2D eigenvalue weighted by Gasteiger charge is 2.11. The van der Waals surface area contributed by atoms with E-state index in [2.05, 4.69) is 44.7 Å². The fourth-order valence-electron chi connectivity index (χ4n) is 2.48. The molecule has 3 nitrogen and oxygen atoms in total. The van der Waals surface area contributed by atoms with Crippen LogP contribution in [0, 0.1) is 3.57 Å². The van der Waals surface area contributed by atoms with Gasteiger partial charge in [-0.2, -0.15) is 0 Å². The molecular weight excluding hydrogens is 447 g/mol. The minimum absolute atomic E-state index is 0.513. The molecule has 0 N–H and O–H groups in total. The summed E-state index contributed by atoms with van der Waals surface area (Å²) in [6.07, 6.45) is 1.85. The average Bonchev–Trinajstić information content (AvgIpc) is 3.03. The monoisotopic (exact) mass is 458 g/mol. The molecule has 0 radical (unpaired) electrons. The molecule has 0 unspecified atom stereocenters. The number of hydrogen-bond acceptors (Lipinski definition) is 3. The zero-order valence-electron chi connectivity index (χ0n) is 13.0. The SMILES string of the molecule is Clc1ccccc1-c1nc2cc(N=Cc3cccc(I)c3)ccc2o1. The fourth-order valence-corrected chi connectivity index (χ4v) is 3.27. The van der Waals surface area contributed by atoms with Gasteiger partial charge in [0, 0.05) is 9.78 Å². The molecule has 0 bridgehead atoms. The second-order valence-corrected chi connectivity index (χ2v) is 7.12. The van der Waals surface area contributed by atoms with Gasteiger partial charge in [0.15, 0.2) is 5.58 Å². The normalized spacial score (nSPS) is 11.4. The molecule has 0 aliphatic rings. The average molecular weight is 459 g/mol. The lowest BCUT2D eigenvalue weighted by Crippen LogP contribution is -1.81. The van der Waals surface area contributed by atoms with E-state index in [4.69, 9.17) is 16.0 Å². The summed E-state index contributed by atoms with van der Waals surface area (Å²) in [6, 6.07) is 21.4. The van der Waals surface area contributed by atoms with Crippen LogP contribution in [0.5, 0.6) is 0 Å². The molecule has 0 fully saturated rings. The topological polar surface area (TPSA) is 38.4 Å². The Hall–Kier alpha value is -2.18. The molecule has 0 saturated carbocycles. The zero-order chi connectivity index (χ0) is 17.2. The summed E-state index contributed by atoms with van der Waals surface area (Å²) in [7, 11) is 0. The lowest BCUT2D eigenvalue weighted by molar-refractivity contribution is 0.620. The number of halogens is 2. The van der Waals surface area contributed by atoms with Crippen LogP contribution in [0.1, 0.15) is 5.56 Å². The van der Waals surface area contributed by atoms with Crippen molar-refractivity contribution in [2.45, 2.75) is 0 Å². The van der Waals surface area contributed by atoms with Gasteiger partial charge in [-0.05, 0) is 70.6 Å². The molecule has 1 aromatic heterocycles. The summed E-state index contributed by atoms with van der Waals surface area (Å²) in [5.74, 6) is 0.513. The van der Waals surface area contributed by atoms with Crippen LogP contribution in [-0.4, -0.2) is 11.2 Å². The van der Waals surface area contributed by atoms with Gasteiger partial charge in [0.05, 0.1) is 16.3 Å². The second-order valence-electron chi connectivity index (χ2n) is 5.46. The summed E-state index contributed by atoms with van der Waals surface area (Å²) >= 11 is 8.51. The molecule has 4 rings (SSSR count). The third kappa shape index (κ3) is 3.60. The van der Waals surface area contributed by atoms with E-state index in [0.29, 0.717) is 16.5 Å². The molecule has 0 aliphatic heterocycles. The van der Waals surface area contributed by atoms with E-state index in [0.717, 1.165) is 22.3 Å². The molecule has 0 saturated heterocycles. The first-order valence-electron chi connectivity index (χ1n) is 7.64. The first-order valence-corrected chi connectivity index (χ1v) is 9.10. The zero-order valence-corrected chi connectivity index (χ0v) is 15.9. The van der Waals surface area contributed by atoms with Crippen LogP contribution in [0.15, 0.2) is 76.1 Å². The van der Waals surface area contributed by atoms with Gasteiger partial charge in [0.1, 0.15) is 5.52 Å². The highest BCUT2D eigenvalue weighted by molar-refractivity contribution is 14.1. The summed E-state index contributed by atoms with van der Waals surface area (Å²) < 4.78 is 7.00. The largest absolute Gasteiger partial charge is 0.436 e. The lowest BCUT2D eigenvalue weighted by Gasteiger charge is -1.96. The van der Waals surface area contributed by atoms with Crippen molar-refractivity contribution in [3.05, 3.63) is 80.9 Å². The van der Waals surface area contributed by atoms with Crippen molar-refractivity contribution < 1.29 is 4.42 Å². The Bertz CT molecular complexity index is 1090. The summed E-state index contributed by atoms with van der Waals surface area (Å²) in [5, 5.41) is 0.617. The van der Waals surface area contributed by atoms with Crippen molar-refractivity contribution in [2.24, 2.45) is 4.99 Å². The fraction of sp³-hybridized carbons (Fsp3) is 0. The van der Waals surface area contributed by atoms with Gasteiger partial charge in [0.25, 0.3) is 0 Å². The highest BCUT2D eigenvalue weighted by atomic mass is 127. The highest BCUT2D eigenvalue weighted by Crippen LogP contribution is 2.31. The van der Waals surface area contributed by atoms with Crippen LogP contribution in [0.3, 0.4) is 0 Å². The predicted octanol–water partition coefficient (Wildman–Crippen LogP) is 6.50. The lowest BCUT2D eigenvalue weighted by atomic mass is 10.2. The first kappa shape index (κ1) is 16.3. The van der Waals surface area contributed by atoms with Crippen molar-refractivity contribution in [1.82, 2.24) is 4.98 Å². The maximum Gasteiger partial charge on any atom is 0.228 e. The van der Waals surface area contributed by atoms with Crippen molar-refractivity contribution in [2.75, 3.05) is 0 Å². The van der Waals surface area contributed by atoms with E-state index in [1.807, 2.05) is 60.8 Å². The van der Waals surface area contributed by atoms with Crippen LogP contribution in [0.25, 0.3) is 22.6 Å². The van der Waals surface area contributed by atoms with Crippen LogP contribution in [-0.2, 0) is 0 Å². The summed E-state index contributed by atoms with van der Waals surface area (Å²) in [5.41, 5.74) is 4.13. The van der Waals surface area contributed by atoms with E-state index in [9.17, 15) is 0 Å². The molecule has 0 aliphatic carbocycles. The van der Waals surface area contributed by atoms with E-state index in [1.54, 1.807) is 0 Å². The van der Waals surface area contributed by atoms with Gasteiger partial charge in [-0.15, -0.1) is 0 Å². The number of aliphatic imine (C=N–C) groups is 1. The summed E-state index contributed by atoms with van der Waals surface area (Å²) in [4.78, 5) is 9.08. The minimum Gasteiger partial charge on any atom is -0.436 e. The number of aromatic nitrogens is 1. The van der Waals surface area contributed by atoms with Gasteiger partial charge in [-0.25, -0.2) is 4.98 Å². The Morgan fingerprint density at radius 1 is 1.00 bits per heavy atom. The van der Waals surface area contributed by atoms with Crippen LogP contribution >= 0.6 is 34.2 Å². The molecule has 3 aromatic carbocycles. The van der Waals surface area contributed by atoms with Gasteiger partial charge in [-0.3, -0.25) is 4.99 Å². The van der Waals surface area contributed by atoms with Gasteiger partial charge >= 0.3 is 0 Å². The second kappa shape index (κ2) is 6.98. The number of rotatable bonds is 3. The van der Waals surface area contributed by atoms with Crippen molar-refractivity contribution in [1.29, 1.82) is 0 Å². The maximum atomic E-state index is 6.22. The van der Waals surface area contributed by atoms with E-state index < -0.39 is 0 Å². The van der Waals surface area contributed by atoms with Gasteiger partial charge in [-0.1, -0.05) is 35.9 Å². The van der Waals surface area contributed by atoms with Crippen molar-refractivity contribution >= 4 is 57.2 Å². The van der Waals surface area contributed by atoms with Crippen LogP contribution in [0.4, 0.5) is 5.69 Å². The molecule has 0 atom stereocenters. The van der Waals surface area contributed by atoms with E-state index in [-0.39, 0.29) is 0 Å². The molecule has 0 spiro atoms. The molecule has 0 amide bonds. The Morgan fingerprint density at radius 2 is 1.88 bits per heavy atom. The van der Waals surface area contributed by atoms with Crippen LogP contribution < -0.4 is 0 Å². The number of nitrogens with zero attached hydrogens (tertiary/aromatic N) is 2. The standard InChI is InChI=1S/C20H12ClIN2O/c21-17-7-2-1-6-16(17)20-24-18-11-15(8-9-19(18)25-20)23-12-13-4-3-5-14(22)10-13/h1-12H. The molecular formula is C20H12ClIN2O. The third-order valence-electron chi connectivity index (χ3n) is 3.69. The smallest absolute Gasteiger partial charge is 0.228 e. The van der Waals surface area contributed by atoms with Crippen molar-refractivity contribution in [3.63, 3.8) is 0 Å². The maximum absolute atomic E-state index is 6.22. The van der Waals surface area contributed by atoms with E-state index >= 15 is 0 Å². The number of benzene rings is 3. The minimum atomic E-state index is 0.513. The predicted molar refractivity (Wildman–Crippen MR) is 111 cm³/mol. The quantitative estimate of drug-likeness (QED) is 0.259. The molecule has 122 valence electrons. The molecule has 4 aromatic rings. The van der Waals surface area contributed by atoms with Crippen molar-refractivity contribution in [3.8, 4) is 11.5 Å². The first-order chi connectivity index (χ1) is 12.2. The van der Waals surface area contributed by atoms with Gasteiger partial charge in [0.2, 0.25) is 5.89 Å². The summed E-state index contributed by atoms with van der Waals surface area (Å²) in [6.45, 7) is 0.